The first-order chi connectivity index (χ1) is 6.68. The predicted molar refractivity (Wildman–Crippen MR) is 59.2 cm³/mol. The summed E-state index contributed by atoms with van der Waals surface area (Å²) in [5.74, 6) is 0.612. The largest absolute Gasteiger partial charge is 0.384 e. The Labute approximate surface area is 92.1 Å². The zero-order valence-electron chi connectivity index (χ0n) is 7.30. The van der Waals surface area contributed by atoms with Crippen LogP contribution in [0.3, 0.4) is 0 Å². The van der Waals surface area contributed by atoms with Gasteiger partial charge in [-0.05, 0) is 18.2 Å². The SMILES string of the molecule is NC1=CCN(c2c(Cl)cccc2Cl)N1. The molecule has 0 spiro atoms. The van der Waals surface area contributed by atoms with Gasteiger partial charge in [-0.3, -0.25) is 10.4 Å². The molecular weight excluding hydrogens is 221 g/mol. The van der Waals surface area contributed by atoms with Gasteiger partial charge in [0.1, 0.15) is 5.82 Å². The first-order valence-electron chi connectivity index (χ1n) is 4.12. The van der Waals surface area contributed by atoms with Gasteiger partial charge < -0.3 is 5.73 Å². The number of nitrogens with one attached hydrogen (secondary N) is 1. The third kappa shape index (κ3) is 1.61. The van der Waals surface area contributed by atoms with Crippen molar-refractivity contribution in [3.05, 3.63) is 40.1 Å². The average molecular weight is 230 g/mol. The fourth-order valence-electron chi connectivity index (χ4n) is 1.33. The van der Waals surface area contributed by atoms with Gasteiger partial charge in [0.15, 0.2) is 0 Å². The molecule has 1 aliphatic rings. The van der Waals surface area contributed by atoms with Gasteiger partial charge in [0.25, 0.3) is 0 Å². The first-order valence-corrected chi connectivity index (χ1v) is 4.88. The van der Waals surface area contributed by atoms with Crippen molar-refractivity contribution >= 4 is 28.9 Å². The number of rotatable bonds is 1. The molecule has 3 N–H and O–H groups in total. The van der Waals surface area contributed by atoms with Crippen LogP contribution in [0.25, 0.3) is 0 Å². The Morgan fingerprint density at radius 1 is 1.29 bits per heavy atom. The third-order valence-corrected chi connectivity index (χ3v) is 2.58. The molecule has 5 heteroatoms. The quantitative estimate of drug-likeness (QED) is 0.776. The first kappa shape index (κ1) is 9.49. The van der Waals surface area contributed by atoms with E-state index in [2.05, 4.69) is 5.43 Å². The Morgan fingerprint density at radius 3 is 2.43 bits per heavy atom. The van der Waals surface area contributed by atoms with E-state index in [1.807, 2.05) is 6.08 Å². The molecule has 0 saturated heterocycles. The van der Waals surface area contributed by atoms with Crippen molar-refractivity contribution in [1.82, 2.24) is 5.43 Å². The van der Waals surface area contributed by atoms with E-state index < -0.39 is 0 Å². The minimum atomic E-state index is 0.605. The second-order valence-electron chi connectivity index (χ2n) is 2.95. The normalized spacial score (nSPS) is 15.3. The molecule has 1 aromatic rings. The smallest absolute Gasteiger partial charge is 0.113 e. The highest BCUT2D eigenvalue weighted by Gasteiger charge is 2.17. The Balaban J connectivity index is 2.33. The van der Waals surface area contributed by atoms with E-state index in [1.165, 1.54) is 0 Å². The second kappa shape index (κ2) is 3.59. The second-order valence-corrected chi connectivity index (χ2v) is 3.77. The van der Waals surface area contributed by atoms with Crippen molar-refractivity contribution in [2.75, 3.05) is 11.6 Å². The highest BCUT2D eigenvalue weighted by molar-refractivity contribution is 6.39. The molecule has 1 aromatic carbocycles. The molecule has 1 aliphatic heterocycles. The fraction of sp³-hybridized carbons (Fsp3) is 0.111. The van der Waals surface area contributed by atoms with Gasteiger partial charge in [-0.15, -0.1) is 0 Å². The van der Waals surface area contributed by atoms with Crippen molar-refractivity contribution in [2.24, 2.45) is 5.73 Å². The maximum atomic E-state index is 6.03. The van der Waals surface area contributed by atoms with Gasteiger partial charge in [-0.2, -0.15) is 0 Å². The topological polar surface area (TPSA) is 41.3 Å². The highest BCUT2D eigenvalue weighted by Crippen LogP contribution is 2.33. The summed E-state index contributed by atoms with van der Waals surface area (Å²) >= 11 is 12.1. The van der Waals surface area contributed by atoms with E-state index in [-0.39, 0.29) is 0 Å². The van der Waals surface area contributed by atoms with Crippen LogP contribution >= 0.6 is 23.2 Å². The molecule has 74 valence electrons. The third-order valence-electron chi connectivity index (χ3n) is 1.97. The molecule has 0 saturated carbocycles. The summed E-state index contributed by atoms with van der Waals surface area (Å²) < 4.78 is 0. The molecule has 0 atom stereocenters. The van der Waals surface area contributed by atoms with Crippen LogP contribution in [0.4, 0.5) is 5.69 Å². The van der Waals surface area contributed by atoms with Crippen LogP contribution in [0.2, 0.25) is 10.0 Å². The molecule has 0 aromatic heterocycles. The number of nitrogens with zero attached hydrogens (tertiary/aromatic N) is 1. The molecule has 0 fully saturated rings. The van der Waals surface area contributed by atoms with E-state index in [0.717, 1.165) is 5.69 Å². The zero-order valence-corrected chi connectivity index (χ0v) is 8.81. The van der Waals surface area contributed by atoms with Crippen LogP contribution in [-0.2, 0) is 0 Å². The fourth-order valence-corrected chi connectivity index (χ4v) is 1.93. The van der Waals surface area contributed by atoms with E-state index in [4.69, 9.17) is 28.9 Å². The zero-order chi connectivity index (χ0) is 10.1. The number of benzene rings is 1. The Kier molecular flexibility index (Phi) is 2.44. The summed E-state index contributed by atoms with van der Waals surface area (Å²) in [7, 11) is 0. The Hall–Kier alpha value is -1.06. The lowest BCUT2D eigenvalue weighted by molar-refractivity contribution is 0.797. The van der Waals surface area contributed by atoms with Crippen LogP contribution in [0.1, 0.15) is 0 Å². The van der Waals surface area contributed by atoms with Crippen LogP contribution in [0.5, 0.6) is 0 Å². The van der Waals surface area contributed by atoms with E-state index in [1.54, 1.807) is 23.2 Å². The molecular formula is C9H9Cl2N3. The summed E-state index contributed by atoms with van der Waals surface area (Å²) in [6.45, 7) is 0.662. The Morgan fingerprint density at radius 2 is 1.93 bits per heavy atom. The number of hydrogen-bond donors (Lipinski definition) is 2. The van der Waals surface area contributed by atoms with Gasteiger partial charge in [0.05, 0.1) is 22.3 Å². The van der Waals surface area contributed by atoms with Crippen molar-refractivity contribution in [2.45, 2.75) is 0 Å². The predicted octanol–water partition coefficient (Wildman–Crippen LogP) is 2.12. The molecule has 0 aliphatic carbocycles. The maximum absolute atomic E-state index is 6.03. The van der Waals surface area contributed by atoms with Gasteiger partial charge in [0, 0.05) is 0 Å². The standard InChI is InChI=1S/C9H9Cl2N3/c10-6-2-1-3-7(11)9(6)14-5-4-8(12)13-14/h1-4,13H,5,12H2. The highest BCUT2D eigenvalue weighted by atomic mass is 35.5. The Bertz CT molecular complexity index is 369. The van der Waals surface area contributed by atoms with Crippen LogP contribution in [0, 0.1) is 0 Å². The lowest BCUT2D eigenvalue weighted by Crippen LogP contribution is -2.34. The van der Waals surface area contributed by atoms with Crippen LogP contribution in [0.15, 0.2) is 30.1 Å². The lowest BCUT2D eigenvalue weighted by atomic mass is 10.3. The van der Waals surface area contributed by atoms with Crippen molar-refractivity contribution in [3.63, 3.8) is 0 Å². The minimum Gasteiger partial charge on any atom is -0.384 e. The van der Waals surface area contributed by atoms with Crippen LogP contribution < -0.4 is 16.2 Å². The van der Waals surface area contributed by atoms with Gasteiger partial charge in [-0.25, -0.2) is 0 Å². The van der Waals surface area contributed by atoms with Crippen molar-refractivity contribution in [1.29, 1.82) is 0 Å². The molecule has 1 heterocycles. The molecule has 3 nitrogen and oxygen atoms in total. The summed E-state index contributed by atoms with van der Waals surface area (Å²) in [5.41, 5.74) is 9.30. The molecule has 0 unspecified atom stereocenters. The van der Waals surface area contributed by atoms with Gasteiger partial charge in [0.2, 0.25) is 0 Å². The molecule has 0 bridgehead atoms. The number of anilines is 1. The van der Waals surface area contributed by atoms with E-state index in [9.17, 15) is 0 Å². The summed E-state index contributed by atoms with van der Waals surface area (Å²) in [6, 6.07) is 5.39. The van der Waals surface area contributed by atoms with E-state index >= 15 is 0 Å². The molecule has 14 heavy (non-hydrogen) atoms. The van der Waals surface area contributed by atoms with Gasteiger partial charge in [-0.1, -0.05) is 29.3 Å². The van der Waals surface area contributed by atoms with Crippen molar-refractivity contribution in [3.8, 4) is 0 Å². The number of nitrogens with two attached hydrogens (primary N) is 1. The van der Waals surface area contributed by atoms with E-state index in [0.29, 0.717) is 22.4 Å². The molecule has 0 radical (unpaired) electrons. The lowest BCUT2D eigenvalue weighted by Gasteiger charge is -2.21. The molecule has 2 rings (SSSR count). The van der Waals surface area contributed by atoms with Crippen molar-refractivity contribution < 1.29 is 0 Å². The number of hydrazine groups is 1. The maximum Gasteiger partial charge on any atom is 0.113 e. The summed E-state index contributed by atoms with van der Waals surface area (Å²) in [5, 5.41) is 3.02. The number of halogens is 2. The number of para-hydroxylation sites is 1. The average Bonchev–Trinajstić information content (AvgIpc) is 2.51. The van der Waals surface area contributed by atoms with Gasteiger partial charge >= 0.3 is 0 Å². The monoisotopic (exact) mass is 229 g/mol. The summed E-state index contributed by atoms with van der Waals surface area (Å²) in [6.07, 6.45) is 1.86. The minimum absolute atomic E-state index is 0.605. The summed E-state index contributed by atoms with van der Waals surface area (Å²) in [4.78, 5) is 0. The number of hydrogen-bond acceptors (Lipinski definition) is 3. The van der Waals surface area contributed by atoms with Crippen LogP contribution in [-0.4, -0.2) is 6.54 Å². The molecule has 0 amide bonds.